The van der Waals surface area contributed by atoms with E-state index in [-0.39, 0.29) is 5.97 Å². The van der Waals surface area contributed by atoms with Crippen molar-refractivity contribution < 1.29 is 14.6 Å². The Labute approximate surface area is 134 Å². The van der Waals surface area contributed by atoms with Gasteiger partial charge in [0.1, 0.15) is 0 Å². The summed E-state index contributed by atoms with van der Waals surface area (Å²) in [5.41, 5.74) is 1.60. The Morgan fingerprint density at radius 1 is 1.05 bits per heavy atom. The highest BCUT2D eigenvalue weighted by atomic mass is 17.2. The largest absolute Gasteiger partial charge is 0.355 e. The molecular formula is C19H30O3. The SMILES string of the molecule is CC(C)c1ccc(OOC(=O)CCCCCC(C)(C)C)cc1. The van der Waals surface area contributed by atoms with Crippen LogP contribution in [0, 0.1) is 5.41 Å². The zero-order valence-corrected chi connectivity index (χ0v) is 14.6. The van der Waals surface area contributed by atoms with Crippen LogP contribution >= 0.6 is 0 Å². The van der Waals surface area contributed by atoms with Crippen molar-refractivity contribution in [1.82, 2.24) is 0 Å². The average molecular weight is 306 g/mol. The fourth-order valence-corrected chi connectivity index (χ4v) is 2.15. The normalized spacial score (nSPS) is 11.5. The molecule has 0 amide bonds. The first-order chi connectivity index (χ1) is 10.3. The van der Waals surface area contributed by atoms with E-state index < -0.39 is 0 Å². The van der Waals surface area contributed by atoms with Gasteiger partial charge < -0.3 is 0 Å². The Balaban J connectivity index is 2.18. The Hall–Kier alpha value is -1.51. The Morgan fingerprint density at radius 2 is 1.68 bits per heavy atom. The van der Waals surface area contributed by atoms with Crippen LogP contribution in [0.1, 0.15) is 78.2 Å². The number of benzene rings is 1. The van der Waals surface area contributed by atoms with Crippen LogP contribution in [-0.4, -0.2) is 5.97 Å². The van der Waals surface area contributed by atoms with Crippen molar-refractivity contribution in [3.8, 4) is 5.75 Å². The lowest BCUT2D eigenvalue weighted by Crippen LogP contribution is -2.08. The molecule has 1 aromatic rings. The van der Waals surface area contributed by atoms with Crippen LogP contribution < -0.4 is 4.89 Å². The monoisotopic (exact) mass is 306 g/mol. The summed E-state index contributed by atoms with van der Waals surface area (Å²) in [6.45, 7) is 11.0. The van der Waals surface area contributed by atoms with E-state index in [1.807, 2.05) is 24.3 Å². The number of carbonyl (C=O) groups is 1. The highest BCUT2D eigenvalue weighted by Crippen LogP contribution is 2.22. The number of rotatable bonds is 8. The summed E-state index contributed by atoms with van der Waals surface area (Å²) < 4.78 is 0. The van der Waals surface area contributed by atoms with Crippen molar-refractivity contribution in [2.45, 2.75) is 72.6 Å². The highest BCUT2D eigenvalue weighted by Gasteiger charge is 2.10. The summed E-state index contributed by atoms with van der Waals surface area (Å²) in [5.74, 6) is 0.735. The molecular weight excluding hydrogens is 276 g/mol. The van der Waals surface area contributed by atoms with E-state index in [0.717, 1.165) is 19.3 Å². The third-order valence-corrected chi connectivity index (χ3v) is 3.59. The van der Waals surface area contributed by atoms with Crippen LogP contribution in [0.2, 0.25) is 0 Å². The summed E-state index contributed by atoms with van der Waals surface area (Å²) in [6, 6.07) is 7.62. The van der Waals surface area contributed by atoms with E-state index >= 15 is 0 Å². The van der Waals surface area contributed by atoms with E-state index in [1.54, 1.807) is 0 Å². The summed E-state index contributed by atoms with van der Waals surface area (Å²) in [4.78, 5) is 21.5. The molecule has 0 heterocycles. The van der Waals surface area contributed by atoms with Crippen LogP contribution in [-0.2, 0) is 9.68 Å². The van der Waals surface area contributed by atoms with Gasteiger partial charge in [-0.15, -0.1) is 0 Å². The van der Waals surface area contributed by atoms with E-state index in [9.17, 15) is 4.79 Å². The van der Waals surface area contributed by atoms with Gasteiger partial charge in [0, 0.05) is 0 Å². The fraction of sp³-hybridized carbons (Fsp3) is 0.632. The third-order valence-electron chi connectivity index (χ3n) is 3.59. The molecule has 1 rings (SSSR count). The fourth-order valence-electron chi connectivity index (χ4n) is 2.15. The van der Waals surface area contributed by atoms with Gasteiger partial charge in [0.15, 0.2) is 5.75 Å². The molecule has 124 valence electrons. The lowest BCUT2D eigenvalue weighted by Gasteiger charge is -2.17. The van der Waals surface area contributed by atoms with Crippen LogP contribution in [0.3, 0.4) is 0 Å². The minimum absolute atomic E-state index is 0.302. The second-order valence-corrected chi connectivity index (χ2v) is 7.38. The summed E-state index contributed by atoms with van der Waals surface area (Å²) in [7, 11) is 0. The van der Waals surface area contributed by atoms with Crippen molar-refractivity contribution in [2.75, 3.05) is 0 Å². The molecule has 3 nitrogen and oxygen atoms in total. The van der Waals surface area contributed by atoms with Gasteiger partial charge in [0.25, 0.3) is 0 Å². The second kappa shape index (κ2) is 8.82. The molecule has 0 bridgehead atoms. The Morgan fingerprint density at radius 3 is 2.23 bits per heavy atom. The van der Waals surface area contributed by atoms with Crippen molar-refractivity contribution in [2.24, 2.45) is 5.41 Å². The first-order valence-corrected chi connectivity index (χ1v) is 8.25. The van der Waals surface area contributed by atoms with Crippen LogP contribution in [0.5, 0.6) is 5.75 Å². The molecule has 0 radical (unpaired) electrons. The first-order valence-electron chi connectivity index (χ1n) is 8.25. The molecule has 3 heteroatoms. The van der Waals surface area contributed by atoms with Gasteiger partial charge in [-0.25, -0.2) is 4.79 Å². The minimum atomic E-state index is -0.302. The van der Waals surface area contributed by atoms with E-state index in [1.165, 1.54) is 12.0 Å². The molecule has 0 aliphatic rings. The van der Waals surface area contributed by atoms with Gasteiger partial charge in [-0.3, -0.25) is 9.78 Å². The minimum Gasteiger partial charge on any atom is -0.287 e. The van der Waals surface area contributed by atoms with Crippen molar-refractivity contribution in [3.63, 3.8) is 0 Å². The molecule has 22 heavy (non-hydrogen) atoms. The average Bonchev–Trinajstić information content (AvgIpc) is 2.44. The zero-order valence-electron chi connectivity index (χ0n) is 14.6. The van der Waals surface area contributed by atoms with Gasteiger partial charge >= 0.3 is 5.97 Å². The molecule has 0 saturated heterocycles. The molecule has 1 aromatic carbocycles. The molecule has 0 atom stereocenters. The lowest BCUT2D eigenvalue weighted by atomic mass is 9.89. The van der Waals surface area contributed by atoms with Gasteiger partial charge in [-0.05, 0) is 41.9 Å². The number of hydrogen-bond donors (Lipinski definition) is 0. The van der Waals surface area contributed by atoms with Crippen LogP contribution in [0.4, 0.5) is 0 Å². The van der Waals surface area contributed by atoms with Crippen molar-refractivity contribution >= 4 is 5.97 Å². The maximum Gasteiger partial charge on any atom is 0.355 e. The second-order valence-electron chi connectivity index (χ2n) is 7.38. The summed E-state index contributed by atoms with van der Waals surface area (Å²) >= 11 is 0. The molecule has 0 aliphatic heterocycles. The van der Waals surface area contributed by atoms with Crippen LogP contribution in [0.15, 0.2) is 24.3 Å². The number of carbonyl (C=O) groups excluding carboxylic acids is 1. The molecule has 0 aromatic heterocycles. The molecule has 0 N–H and O–H groups in total. The van der Waals surface area contributed by atoms with Gasteiger partial charge in [0.2, 0.25) is 0 Å². The standard InChI is InChI=1S/C19H30O3/c1-15(2)16-10-12-17(13-11-16)21-22-18(20)9-7-6-8-14-19(3,4)5/h10-13,15H,6-9,14H2,1-5H3. The van der Waals surface area contributed by atoms with Gasteiger partial charge in [-0.2, -0.15) is 0 Å². The highest BCUT2D eigenvalue weighted by molar-refractivity contribution is 5.68. The molecule has 0 aliphatic carbocycles. The predicted molar refractivity (Wildman–Crippen MR) is 89.8 cm³/mol. The van der Waals surface area contributed by atoms with E-state index in [0.29, 0.717) is 23.5 Å². The predicted octanol–water partition coefficient (Wildman–Crippen LogP) is 5.64. The van der Waals surface area contributed by atoms with Crippen molar-refractivity contribution in [3.05, 3.63) is 29.8 Å². The van der Waals surface area contributed by atoms with E-state index in [2.05, 4.69) is 34.6 Å². The molecule has 0 unspecified atom stereocenters. The molecule has 0 saturated carbocycles. The third kappa shape index (κ3) is 8.06. The first kappa shape index (κ1) is 18.5. The Bertz CT molecular complexity index is 441. The Kier molecular flexibility index (Phi) is 7.43. The van der Waals surface area contributed by atoms with Gasteiger partial charge in [0.05, 0.1) is 6.42 Å². The number of unbranched alkanes of at least 4 members (excludes halogenated alkanes) is 2. The smallest absolute Gasteiger partial charge is 0.287 e. The maximum absolute atomic E-state index is 11.6. The zero-order chi connectivity index (χ0) is 16.6. The summed E-state index contributed by atoms with van der Waals surface area (Å²) in [5, 5.41) is 0. The molecule has 0 fully saturated rings. The molecule has 0 spiro atoms. The summed E-state index contributed by atoms with van der Waals surface area (Å²) in [6.07, 6.45) is 4.64. The quantitative estimate of drug-likeness (QED) is 0.354. The lowest BCUT2D eigenvalue weighted by molar-refractivity contribution is -0.213. The van der Waals surface area contributed by atoms with Crippen LogP contribution in [0.25, 0.3) is 0 Å². The maximum atomic E-state index is 11.6. The number of hydrogen-bond acceptors (Lipinski definition) is 3. The van der Waals surface area contributed by atoms with Crippen molar-refractivity contribution in [1.29, 1.82) is 0 Å². The van der Waals surface area contributed by atoms with E-state index in [4.69, 9.17) is 9.78 Å². The van der Waals surface area contributed by atoms with Gasteiger partial charge in [-0.1, -0.05) is 59.6 Å². The topological polar surface area (TPSA) is 35.5 Å².